The summed E-state index contributed by atoms with van der Waals surface area (Å²) >= 11 is 3.66. The van der Waals surface area contributed by atoms with Gasteiger partial charge >= 0.3 is 0 Å². The summed E-state index contributed by atoms with van der Waals surface area (Å²) in [6.45, 7) is 0. The van der Waals surface area contributed by atoms with Crippen molar-refractivity contribution in [3.8, 4) is 5.69 Å². The van der Waals surface area contributed by atoms with Crippen LogP contribution < -0.4 is 0 Å². The Kier molecular flexibility index (Phi) is 2.42. The molecule has 0 amide bonds. The summed E-state index contributed by atoms with van der Waals surface area (Å²) in [4.78, 5) is 0. The van der Waals surface area contributed by atoms with Gasteiger partial charge in [-0.2, -0.15) is 0 Å². The van der Waals surface area contributed by atoms with Crippen molar-refractivity contribution in [1.29, 1.82) is 0 Å². The Labute approximate surface area is 136 Å². The van der Waals surface area contributed by atoms with E-state index >= 15 is 0 Å². The zero-order valence-electron chi connectivity index (χ0n) is 11.8. The second kappa shape index (κ2) is 4.34. The fraction of sp³-hybridized carbons (Fsp3) is 0. The minimum absolute atomic E-state index is 1.11. The van der Waals surface area contributed by atoms with E-state index in [1.807, 2.05) is 0 Å². The number of benzene rings is 4. The number of hydrogen-bond donors (Lipinski definition) is 0. The Balaban J connectivity index is 2.12. The third-order valence-electron chi connectivity index (χ3n) is 4.38. The molecule has 0 aliphatic heterocycles. The van der Waals surface area contributed by atoms with Gasteiger partial charge in [0, 0.05) is 20.9 Å². The first-order chi connectivity index (χ1) is 10.8. The summed E-state index contributed by atoms with van der Waals surface area (Å²) < 4.78 is 3.47. The minimum Gasteiger partial charge on any atom is -0.309 e. The van der Waals surface area contributed by atoms with Crippen molar-refractivity contribution in [3.63, 3.8) is 0 Å². The summed E-state index contributed by atoms with van der Waals surface area (Å²) in [7, 11) is 0. The van der Waals surface area contributed by atoms with Crippen LogP contribution in [0.15, 0.2) is 77.3 Å². The summed E-state index contributed by atoms with van der Waals surface area (Å²) in [5, 5.41) is 5.28. The smallest absolute Gasteiger partial charge is 0.0558 e. The number of para-hydroxylation sites is 1. The molecular formula is C20H12BrN. The monoisotopic (exact) mass is 345 g/mol. The molecule has 5 rings (SSSR count). The number of aromatic nitrogens is 1. The van der Waals surface area contributed by atoms with Gasteiger partial charge in [0.15, 0.2) is 0 Å². The second-order valence-corrected chi connectivity index (χ2v) is 6.55. The van der Waals surface area contributed by atoms with Crippen LogP contribution in [0.1, 0.15) is 0 Å². The van der Waals surface area contributed by atoms with Crippen LogP contribution in [0.25, 0.3) is 38.3 Å². The average Bonchev–Trinajstić information content (AvgIpc) is 2.88. The fourth-order valence-corrected chi connectivity index (χ4v) is 3.98. The highest BCUT2D eigenvalue weighted by molar-refractivity contribution is 9.10. The highest BCUT2D eigenvalue weighted by Crippen LogP contribution is 2.39. The van der Waals surface area contributed by atoms with Crippen LogP contribution in [0.5, 0.6) is 0 Å². The lowest BCUT2D eigenvalue weighted by Crippen LogP contribution is -1.92. The molecule has 22 heavy (non-hydrogen) atoms. The van der Waals surface area contributed by atoms with Gasteiger partial charge in [0.25, 0.3) is 0 Å². The van der Waals surface area contributed by atoms with Gasteiger partial charge in [-0.1, -0.05) is 58.4 Å². The Morgan fingerprint density at radius 2 is 1.41 bits per heavy atom. The van der Waals surface area contributed by atoms with Crippen LogP contribution >= 0.6 is 15.9 Å². The molecule has 1 heterocycles. The van der Waals surface area contributed by atoms with Crippen molar-refractivity contribution >= 4 is 48.5 Å². The average molecular weight is 346 g/mol. The number of hydrogen-bond acceptors (Lipinski definition) is 0. The normalized spacial score (nSPS) is 11.9. The van der Waals surface area contributed by atoms with Crippen molar-refractivity contribution in [2.45, 2.75) is 0 Å². The molecular weight excluding hydrogens is 334 g/mol. The molecule has 104 valence electrons. The Morgan fingerprint density at radius 3 is 2.27 bits per heavy atom. The van der Waals surface area contributed by atoms with E-state index < -0.39 is 0 Å². The third-order valence-corrected chi connectivity index (χ3v) is 4.83. The third kappa shape index (κ3) is 1.53. The molecule has 0 fully saturated rings. The van der Waals surface area contributed by atoms with Gasteiger partial charge in [0.1, 0.15) is 0 Å². The molecule has 0 radical (unpaired) electrons. The largest absolute Gasteiger partial charge is 0.309 e. The first-order valence-electron chi connectivity index (χ1n) is 7.33. The van der Waals surface area contributed by atoms with E-state index in [2.05, 4.69) is 93.3 Å². The molecule has 0 saturated carbocycles. The van der Waals surface area contributed by atoms with Gasteiger partial charge in [-0.15, -0.1) is 0 Å². The second-order valence-electron chi connectivity index (χ2n) is 5.63. The lowest BCUT2D eigenvalue weighted by atomic mass is 10.0. The standard InChI is InChI=1S/C20H12BrN/c21-15-11-14-10-9-13-5-4-8-17-19(13)20(14)18(12-15)22(17)16-6-2-1-3-7-16/h1-12H. The molecule has 0 bridgehead atoms. The molecule has 5 aromatic rings. The number of rotatable bonds is 1. The summed E-state index contributed by atoms with van der Waals surface area (Å²) in [5.74, 6) is 0. The lowest BCUT2D eigenvalue weighted by molar-refractivity contribution is 1.18. The maximum atomic E-state index is 3.66. The van der Waals surface area contributed by atoms with Crippen molar-refractivity contribution in [2.75, 3.05) is 0 Å². The van der Waals surface area contributed by atoms with Crippen LogP contribution in [-0.4, -0.2) is 4.57 Å². The lowest BCUT2D eigenvalue weighted by Gasteiger charge is -2.07. The molecule has 0 aliphatic carbocycles. The van der Waals surface area contributed by atoms with Crippen molar-refractivity contribution in [3.05, 3.63) is 77.3 Å². The first kappa shape index (κ1) is 12.2. The molecule has 0 unspecified atom stereocenters. The van der Waals surface area contributed by atoms with Gasteiger partial charge < -0.3 is 4.57 Å². The van der Waals surface area contributed by atoms with E-state index in [1.54, 1.807) is 0 Å². The number of nitrogens with zero attached hydrogens (tertiary/aromatic N) is 1. The van der Waals surface area contributed by atoms with Crippen LogP contribution in [0, 0.1) is 0 Å². The van der Waals surface area contributed by atoms with Gasteiger partial charge in [-0.3, -0.25) is 0 Å². The predicted molar refractivity (Wildman–Crippen MR) is 97.2 cm³/mol. The van der Waals surface area contributed by atoms with E-state index in [0.717, 1.165) is 4.47 Å². The summed E-state index contributed by atoms with van der Waals surface area (Å²) in [6.07, 6.45) is 0. The molecule has 0 spiro atoms. The Hall–Kier alpha value is -2.32. The zero-order valence-corrected chi connectivity index (χ0v) is 13.3. The van der Waals surface area contributed by atoms with Crippen LogP contribution in [0.2, 0.25) is 0 Å². The maximum absolute atomic E-state index is 3.66. The molecule has 0 aliphatic rings. The Morgan fingerprint density at radius 1 is 0.636 bits per heavy atom. The first-order valence-corrected chi connectivity index (χ1v) is 8.12. The molecule has 1 nitrogen and oxygen atoms in total. The molecule has 0 atom stereocenters. The van der Waals surface area contributed by atoms with E-state index in [-0.39, 0.29) is 0 Å². The summed E-state index contributed by atoms with van der Waals surface area (Å²) in [5.41, 5.74) is 3.72. The highest BCUT2D eigenvalue weighted by atomic mass is 79.9. The topological polar surface area (TPSA) is 4.93 Å². The number of halogens is 1. The van der Waals surface area contributed by atoms with E-state index in [4.69, 9.17) is 0 Å². The van der Waals surface area contributed by atoms with Crippen LogP contribution in [0.3, 0.4) is 0 Å². The van der Waals surface area contributed by atoms with Crippen molar-refractivity contribution < 1.29 is 0 Å². The zero-order chi connectivity index (χ0) is 14.7. The fourth-order valence-electron chi connectivity index (χ4n) is 3.51. The molecule has 1 aromatic heterocycles. The van der Waals surface area contributed by atoms with Crippen molar-refractivity contribution in [2.24, 2.45) is 0 Å². The molecule has 0 saturated heterocycles. The minimum atomic E-state index is 1.11. The van der Waals surface area contributed by atoms with Gasteiger partial charge in [0.2, 0.25) is 0 Å². The highest BCUT2D eigenvalue weighted by Gasteiger charge is 2.16. The van der Waals surface area contributed by atoms with Gasteiger partial charge in [-0.05, 0) is 41.1 Å². The SMILES string of the molecule is Brc1cc2ccc3cccc4c3c2c(c1)n4-c1ccccc1. The van der Waals surface area contributed by atoms with Crippen molar-refractivity contribution in [1.82, 2.24) is 4.57 Å². The van der Waals surface area contributed by atoms with E-state index in [9.17, 15) is 0 Å². The summed E-state index contributed by atoms with van der Waals surface area (Å²) in [6, 6.07) is 26.0. The van der Waals surface area contributed by atoms with Crippen LogP contribution in [0.4, 0.5) is 0 Å². The van der Waals surface area contributed by atoms with Gasteiger partial charge in [-0.25, -0.2) is 0 Å². The van der Waals surface area contributed by atoms with E-state index in [1.165, 1.54) is 38.3 Å². The molecule has 4 aromatic carbocycles. The quantitative estimate of drug-likeness (QED) is 0.321. The van der Waals surface area contributed by atoms with Gasteiger partial charge in [0.05, 0.1) is 11.0 Å². The maximum Gasteiger partial charge on any atom is 0.0558 e. The molecule has 0 N–H and O–H groups in total. The predicted octanol–water partition coefficient (Wildman–Crippen LogP) is 6.14. The Bertz CT molecular complexity index is 1120. The van der Waals surface area contributed by atoms with E-state index in [0.29, 0.717) is 0 Å². The van der Waals surface area contributed by atoms with Crippen LogP contribution in [-0.2, 0) is 0 Å². The molecule has 2 heteroatoms.